The van der Waals surface area contributed by atoms with Crippen LogP contribution in [0, 0.1) is 0 Å². The molecule has 1 N–H and O–H groups in total. The van der Waals surface area contributed by atoms with E-state index in [1.54, 1.807) is 12.1 Å². The number of hydrogen-bond acceptors (Lipinski definition) is 4. The van der Waals surface area contributed by atoms with E-state index in [0.717, 1.165) is 16.1 Å². The Morgan fingerprint density at radius 2 is 1.82 bits per heavy atom. The van der Waals surface area contributed by atoms with Gasteiger partial charge in [-0.2, -0.15) is 0 Å². The molecule has 28 heavy (non-hydrogen) atoms. The number of ether oxygens (including phenoxy) is 1. The lowest BCUT2D eigenvalue weighted by atomic mass is 10.0. The lowest BCUT2D eigenvalue weighted by molar-refractivity contribution is -0.121. The van der Waals surface area contributed by atoms with Crippen LogP contribution in [-0.2, 0) is 14.8 Å². The monoisotopic (exact) mass is 424 g/mol. The van der Waals surface area contributed by atoms with Crippen LogP contribution in [0.4, 0.5) is 5.69 Å². The number of nitrogens with zero attached hydrogens (tertiary/aromatic N) is 1. The Labute approximate surface area is 171 Å². The third-order valence-electron chi connectivity index (χ3n) is 4.42. The van der Waals surface area contributed by atoms with E-state index in [2.05, 4.69) is 5.32 Å². The van der Waals surface area contributed by atoms with E-state index in [-0.39, 0.29) is 11.6 Å². The lowest BCUT2D eigenvalue weighted by Crippen LogP contribution is -2.48. The van der Waals surface area contributed by atoms with Gasteiger partial charge in [0.05, 0.1) is 19.1 Å². The van der Waals surface area contributed by atoms with E-state index >= 15 is 0 Å². The second-order valence-corrected chi connectivity index (χ2v) is 8.90. The Kier molecular flexibility index (Phi) is 7.32. The summed E-state index contributed by atoms with van der Waals surface area (Å²) < 4.78 is 31.2. The molecule has 1 amide bonds. The molecule has 2 rings (SSSR count). The smallest absolute Gasteiger partial charge is 0.243 e. The number of nitrogens with one attached hydrogen (secondary N) is 1. The van der Waals surface area contributed by atoms with Crippen LogP contribution in [-0.4, -0.2) is 40.3 Å². The van der Waals surface area contributed by atoms with E-state index in [1.807, 2.05) is 37.3 Å². The first kappa shape index (κ1) is 22.0. The van der Waals surface area contributed by atoms with Gasteiger partial charge in [0.2, 0.25) is 15.9 Å². The Morgan fingerprint density at radius 1 is 1.18 bits per heavy atom. The number of rotatable bonds is 8. The normalized spacial score (nSPS) is 13.5. The average Bonchev–Trinajstić information content (AvgIpc) is 2.65. The molecule has 152 valence electrons. The molecule has 6 nitrogen and oxygen atoms in total. The van der Waals surface area contributed by atoms with Crippen molar-refractivity contribution >= 4 is 33.2 Å². The molecule has 0 aliphatic rings. The summed E-state index contributed by atoms with van der Waals surface area (Å²) in [6, 6.07) is 13.4. The van der Waals surface area contributed by atoms with Gasteiger partial charge in [-0.1, -0.05) is 48.9 Å². The highest BCUT2D eigenvalue weighted by Gasteiger charge is 2.31. The van der Waals surface area contributed by atoms with Crippen LogP contribution in [0.2, 0.25) is 5.02 Å². The molecule has 0 radical (unpaired) electrons. The molecular formula is C20H25ClN2O4S. The molecule has 0 aromatic heterocycles. The number of carbonyl (C=O) groups excluding carboxylic acids is 1. The van der Waals surface area contributed by atoms with Crippen molar-refractivity contribution in [1.29, 1.82) is 0 Å². The van der Waals surface area contributed by atoms with Gasteiger partial charge in [0.25, 0.3) is 0 Å². The van der Waals surface area contributed by atoms with Gasteiger partial charge in [-0.3, -0.25) is 9.10 Å². The largest absolute Gasteiger partial charge is 0.495 e. The molecular weight excluding hydrogens is 400 g/mol. The predicted molar refractivity (Wildman–Crippen MR) is 113 cm³/mol. The first-order valence-electron chi connectivity index (χ1n) is 8.80. The van der Waals surface area contributed by atoms with Crippen LogP contribution < -0.4 is 14.4 Å². The molecule has 0 spiro atoms. The van der Waals surface area contributed by atoms with Crippen molar-refractivity contribution in [3.8, 4) is 5.75 Å². The Hall–Kier alpha value is -2.25. The highest BCUT2D eigenvalue weighted by Crippen LogP contribution is 2.34. The number of carbonyl (C=O) groups is 1. The SMILES string of the molecule is COc1ccc(Cl)cc1N(C(C)C(=O)NCC(C)c1ccccc1)S(C)(=O)=O. The summed E-state index contributed by atoms with van der Waals surface area (Å²) in [4.78, 5) is 12.7. The molecule has 2 unspecified atom stereocenters. The zero-order valence-electron chi connectivity index (χ0n) is 16.3. The number of halogens is 1. The summed E-state index contributed by atoms with van der Waals surface area (Å²) >= 11 is 6.05. The van der Waals surface area contributed by atoms with Crippen LogP contribution >= 0.6 is 11.6 Å². The summed E-state index contributed by atoms with van der Waals surface area (Å²) in [5, 5.41) is 3.18. The van der Waals surface area contributed by atoms with E-state index in [9.17, 15) is 13.2 Å². The van der Waals surface area contributed by atoms with Crippen LogP contribution in [0.25, 0.3) is 0 Å². The molecule has 0 fully saturated rings. The van der Waals surface area contributed by atoms with Crippen molar-refractivity contribution in [3.05, 3.63) is 59.1 Å². The molecule has 0 saturated heterocycles. The summed E-state index contributed by atoms with van der Waals surface area (Å²) in [7, 11) is -2.34. The molecule has 2 aromatic carbocycles. The quantitative estimate of drug-likeness (QED) is 0.704. The van der Waals surface area contributed by atoms with E-state index in [0.29, 0.717) is 17.3 Å². The minimum atomic E-state index is -3.77. The number of methoxy groups -OCH3 is 1. The summed E-state index contributed by atoms with van der Waals surface area (Å²) in [5.74, 6) is -0.00731. The van der Waals surface area contributed by atoms with Gasteiger partial charge in [-0.05, 0) is 36.6 Å². The lowest BCUT2D eigenvalue weighted by Gasteiger charge is -2.29. The number of amides is 1. The number of benzene rings is 2. The molecule has 0 aliphatic carbocycles. The fraction of sp³-hybridized carbons (Fsp3) is 0.350. The summed E-state index contributed by atoms with van der Waals surface area (Å²) in [6.45, 7) is 3.91. The summed E-state index contributed by atoms with van der Waals surface area (Å²) in [6.07, 6.45) is 1.05. The van der Waals surface area contributed by atoms with Crippen LogP contribution in [0.1, 0.15) is 25.3 Å². The van der Waals surface area contributed by atoms with Crippen molar-refractivity contribution < 1.29 is 17.9 Å². The van der Waals surface area contributed by atoms with E-state index in [1.165, 1.54) is 20.1 Å². The third-order valence-corrected chi connectivity index (χ3v) is 5.88. The van der Waals surface area contributed by atoms with Gasteiger partial charge >= 0.3 is 0 Å². The van der Waals surface area contributed by atoms with Gasteiger partial charge in [0.15, 0.2) is 0 Å². The Morgan fingerprint density at radius 3 is 2.39 bits per heavy atom. The molecule has 0 saturated carbocycles. The van der Waals surface area contributed by atoms with Crippen LogP contribution in [0.15, 0.2) is 48.5 Å². The van der Waals surface area contributed by atoms with Crippen molar-refractivity contribution in [1.82, 2.24) is 5.32 Å². The second kappa shape index (κ2) is 9.30. The molecule has 2 aromatic rings. The number of anilines is 1. The predicted octanol–water partition coefficient (Wildman–Crippen LogP) is 3.42. The van der Waals surface area contributed by atoms with E-state index < -0.39 is 22.0 Å². The number of sulfonamides is 1. The fourth-order valence-corrected chi connectivity index (χ4v) is 4.25. The molecule has 0 bridgehead atoms. The van der Waals surface area contributed by atoms with Crippen LogP contribution in [0.3, 0.4) is 0 Å². The van der Waals surface area contributed by atoms with Gasteiger partial charge in [0, 0.05) is 11.6 Å². The van der Waals surface area contributed by atoms with Crippen molar-refractivity contribution in [3.63, 3.8) is 0 Å². The summed E-state index contributed by atoms with van der Waals surface area (Å²) in [5.41, 5.74) is 1.31. The standard InChI is InChI=1S/C20H25ClN2O4S/c1-14(16-8-6-5-7-9-16)13-22-20(24)15(2)23(28(4,25)26)18-12-17(21)10-11-19(18)27-3/h5-12,14-15H,13H2,1-4H3,(H,22,24). The Bertz CT molecular complexity index is 919. The molecule has 0 heterocycles. The van der Waals surface area contributed by atoms with Crippen molar-refractivity contribution in [2.45, 2.75) is 25.8 Å². The molecule has 0 aliphatic heterocycles. The minimum Gasteiger partial charge on any atom is -0.495 e. The Balaban J connectivity index is 2.23. The highest BCUT2D eigenvalue weighted by molar-refractivity contribution is 7.92. The zero-order chi connectivity index (χ0) is 20.9. The zero-order valence-corrected chi connectivity index (χ0v) is 17.9. The average molecular weight is 425 g/mol. The second-order valence-electron chi connectivity index (χ2n) is 6.61. The maximum atomic E-state index is 12.7. The maximum absolute atomic E-state index is 12.7. The first-order valence-corrected chi connectivity index (χ1v) is 11.0. The molecule has 2 atom stereocenters. The van der Waals surface area contributed by atoms with Gasteiger partial charge in [-0.25, -0.2) is 8.42 Å². The highest BCUT2D eigenvalue weighted by atomic mass is 35.5. The van der Waals surface area contributed by atoms with Crippen molar-refractivity contribution in [2.24, 2.45) is 0 Å². The van der Waals surface area contributed by atoms with Crippen LogP contribution in [0.5, 0.6) is 5.75 Å². The van der Waals surface area contributed by atoms with Gasteiger partial charge < -0.3 is 10.1 Å². The topological polar surface area (TPSA) is 75.7 Å². The minimum absolute atomic E-state index is 0.0877. The maximum Gasteiger partial charge on any atom is 0.243 e. The number of hydrogen-bond donors (Lipinski definition) is 1. The third kappa shape index (κ3) is 5.39. The molecule has 8 heteroatoms. The fourth-order valence-electron chi connectivity index (χ4n) is 2.92. The van der Waals surface area contributed by atoms with Gasteiger partial charge in [-0.15, -0.1) is 0 Å². The van der Waals surface area contributed by atoms with E-state index in [4.69, 9.17) is 16.3 Å². The first-order chi connectivity index (χ1) is 13.1. The van der Waals surface area contributed by atoms with Crippen molar-refractivity contribution in [2.75, 3.05) is 24.2 Å². The van der Waals surface area contributed by atoms with Gasteiger partial charge in [0.1, 0.15) is 11.8 Å².